The van der Waals surface area contributed by atoms with Crippen molar-refractivity contribution in [2.45, 2.75) is 13.8 Å². The summed E-state index contributed by atoms with van der Waals surface area (Å²) in [4.78, 5) is 30.2. The lowest BCUT2D eigenvalue weighted by Crippen LogP contribution is -2.14. The van der Waals surface area contributed by atoms with Crippen molar-refractivity contribution in [2.24, 2.45) is 0 Å². The minimum atomic E-state index is -1.24. The Hall–Kier alpha value is -2.47. The lowest BCUT2D eigenvalue weighted by atomic mass is 10.2. The molecule has 2 aromatic heterocycles. The number of aromatic carboxylic acids is 1. The van der Waals surface area contributed by atoms with Gasteiger partial charge in [-0.1, -0.05) is 44.2 Å². The first-order valence-corrected chi connectivity index (χ1v) is 7.29. The van der Waals surface area contributed by atoms with Crippen molar-refractivity contribution in [3.63, 3.8) is 0 Å². The number of aromatic amines is 1. The van der Waals surface area contributed by atoms with E-state index >= 15 is 0 Å². The molecule has 5 nitrogen and oxygen atoms in total. The largest absolute Gasteiger partial charge is 0.475 e. The zero-order valence-electron chi connectivity index (χ0n) is 11.6. The number of carbonyl (C=O) groups is 1. The van der Waals surface area contributed by atoms with E-state index in [4.69, 9.17) is 5.11 Å². The van der Waals surface area contributed by atoms with Gasteiger partial charge in [0.25, 0.3) is 5.56 Å². The van der Waals surface area contributed by atoms with Gasteiger partial charge >= 0.3 is 5.97 Å². The molecule has 0 radical (unpaired) electrons. The molecule has 3 rings (SSSR count). The number of carboxylic acids is 1. The smallest absolute Gasteiger partial charge is 0.372 e. The minimum absolute atomic E-state index is 0.334. The Morgan fingerprint density at radius 2 is 1.90 bits per heavy atom. The van der Waals surface area contributed by atoms with Crippen LogP contribution in [0.15, 0.2) is 41.2 Å². The van der Waals surface area contributed by atoms with Gasteiger partial charge in [0.2, 0.25) is 5.82 Å². The lowest BCUT2D eigenvalue weighted by molar-refractivity contribution is 0.0683. The van der Waals surface area contributed by atoms with Gasteiger partial charge in [0, 0.05) is 4.88 Å². The average molecular weight is 302 g/mol. The fourth-order valence-corrected chi connectivity index (χ4v) is 2.82. The van der Waals surface area contributed by atoms with Gasteiger partial charge in [0.1, 0.15) is 4.83 Å². The second kappa shape index (κ2) is 6.32. The maximum Gasteiger partial charge on any atom is 0.372 e. The summed E-state index contributed by atoms with van der Waals surface area (Å²) in [6, 6.07) is 11.3. The minimum Gasteiger partial charge on any atom is -0.475 e. The molecule has 0 spiro atoms. The molecular formula is C15H14N2O3S. The van der Waals surface area contributed by atoms with Gasteiger partial charge in [0.05, 0.1) is 5.39 Å². The van der Waals surface area contributed by atoms with Gasteiger partial charge in [-0.25, -0.2) is 9.78 Å². The summed E-state index contributed by atoms with van der Waals surface area (Å²) in [6.45, 7) is 4.00. The normalized spacial score (nSPS) is 10.0. The van der Waals surface area contributed by atoms with Crippen molar-refractivity contribution in [1.29, 1.82) is 0 Å². The molecule has 108 valence electrons. The first-order chi connectivity index (χ1) is 10.1. The van der Waals surface area contributed by atoms with Gasteiger partial charge in [-0.3, -0.25) is 4.79 Å². The van der Waals surface area contributed by atoms with Crippen LogP contribution in [0.2, 0.25) is 0 Å². The molecule has 0 unspecified atom stereocenters. The highest BCUT2D eigenvalue weighted by atomic mass is 32.1. The van der Waals surface area contributed by atoms with Crippen LogP contribution in [-0.2, 0) is 0 Å². The van der Waals surface area contributed by atoms with E-state index in [1.807, 2.05) is 44.2 Å². The van der Waals surface area contributed by atoms with Crippen LogP contribution < -0.4 is 5.56 Å². The van der Waals surface area contributed by atoms with E-state index in [2.05, 4.69) is 9.97 Å². The fraction of sp³-hybridized carbons (Fsp3) is 0.133. The highest BCUT2D eigenvalue weighted by molar-refractivity contribution is 7.21. The third kappa shape index (κ3) is 3.00. The van der Waals surface area contributed by atoms with Crippen LogP contribution in [0.5, 0.6) is 0 Å². The summed E-state index contributed by atoms with van der Waals surface area (Å²) in [5.41, 5.74) is 0.544. The number of thiophene rings is 1. The number of hydrogen-bond donors (Lipinski definition) is 2. The maximum atomic E-state index is 11.8. The number of aromatic nitrogens is 2. The van der Waals surface area contributed by atoms with Crippen LogP contribution >= 0.6 is 11.3 Å². The number of hydrogen-bond acceptors (Lipinski definition) is 4. The number of benzene rings is 1. The SMILES string of the molecule is CC.O=C(O)c1nc2sc(-c3ccccc3)cc2c(=O)[nH]1. The Balaban J connectivity index is 0.000000774. The van der Waals surface area contributed by atoms with Crippen molar-refractivity contribution in [2.75, 3.05) is 0 Å². The first-order valence-electron chi connectivity index (χ1n) is 6.48. The molecule has 3 aromatic rings. The Labute approximate surface area is 124 Å². The van der Waals surface area contributed by atoms with Gasteiger partial charge < -0.3 is 10.1 Å². The zero-order valence-corrected chi connectivity index (χ0v) is 12.4. The lowest BCUT2D eigenvalue weighted by Gasteiger charge is -1.93. The van der Waals surface area contributed by atoms with Crippen LogP contribution in [0, 0.1) is 0 Å². The molecular weight excluding hydrogens is 288 g/mol. The number of nitrogens with one attached hydrogen (secondary N) is 1. The Kier molecular flexibility index (Phi) is 4.49. The number of rotatable bonds is 2. The molecule has 0 amide bonds. The number of carboxylic acid groups (broad SMARTS) is 1. The third-order valence-corrected chi connectivity index (χ3v) is 3.74. The average Bonchev–Trinajstić information content (AvgIpc) is 2.95. The summed E-state index contributed by atoms with van der Waals surface area (Å²) < 4.78 is 0. The van der Waals surface area contributed by atoms with E-state index in [1.54, 1.807) is 6.07 Å². The summed E-state index contributed by atoms with van der Waals surface area (Å²) in [5, 5.41) is 9.28. The molecule has 1 aromatic carbocycles. The van der Waals surface area contributed by atoms with Crippen molar-refractivity contribution in [3.8, 4) is 10.4 Å². The van der Waals surface area contributed by atoms with Crippen molar-refractivity contribution < 1.29 is 9.90 Å². The molecule has 0 fully saturated rings. The predicted molar refractivity (Wildman–Crippen MR) is 84.0 cm³/mol. The van der Waals surface area contributed by atoms with Crippen LogP contribution in [0.25, 0.3) is 20.7 Å². The van der Waals surface area contributed by atoms with Crippen LogP contribution in [0.1, 0.15) is 24.5 Å². The predicted octanol–water partition coefficient (Wildman–Crippen LogP) is 3.38. The highest BCUT2D eigenvalue weighted by Crippen LogP contribution is 2.30. The summed E-state index contributed by atoms with van der Waals surface area (Å²) >= 11 is 1.30. The van der Waals surface area contributed by atoms with E-state index in [0.717, 1.165) is 10.4 Å². The molecule has 0 aliphatic carbocycles. The van der Waals surface area contributed by atoms with Crippen molar-refractivity contribution >= 4 is 27.5 Å². The fourth-order valence-electron chi connectivity index (χ4n) is 1.78. The van der Waals surface area contributed by atoms with Crippen LogP contribution in [0.3, 0.4) is 0 Å². The van der Waals surface area contributed by atoms with Crippen LogP contribution in [0.4, 0.5) is 0 Å². The van der Waals surface area contributed by atoms with Gasteiger partial charge in [-0.15, -0.1) is 11.3 Å². The molecule has 0 aliphatic heterocycles. The monoisotopic (exact) mass is 302 g/mol. The number of fused-ring (bicyclic) bond motifs is 1. The molecule has 0 saturated carbocycles. The summed E-state index contributed by atoms with van der Waals surface area (Å²) in [6.07, 6.45) is 0. The van der Waals surface area contributed by atoms with Crippen molar-refractivity contribution in [1.82, 2.24) is 9.97 Å². The van der Waals surface area contributed by atoms with Gasteiger partial charge in [-0.2, -0.15) is 0 Å². The highest BCUT2D eigenvalue weighted by Gasteiger charge is 2.13. The number of H-pyrrole nitrogens is 1. The molecule has 0 aliphatic rings. The summed E-state index contributed by atoms with van der Waals surface area (Å²) in [7, 11) is 0. The third-order valence-electron chi connectivity index (χ3n) is 2.66. The molecule has 2 N–H and O–H groups in total. The second-order valence-corrected chi connectivity index (χ2v) is 4.95. The van der Waals surface area contributed by atoms with E-state index in [-0.39, 0.29) is 5.82 Å². The van der Waals surface area contributed by atoms with E-state index in [9.17, 15) is 9.59 Å². The maximum absolute atomic E-state index is 11.8. The quantitative estimate of drug-likeness (QED) is 0.760. The molecule has 0 bridgehead atoms. The molecule has 6 heteroatoms. The standard InChI is InChI=1S/C13H8N2O3S.C2H6/c16-11-8-6-9(7-4-2-1-3-5-7)19-12(8)15-10(14-11)13(17)18;1-2/h1-6H,(H,17,18)(H,14,15,16);1-2H3. The number of nitrogens with zero attached hydrogens (tertiary/aromatic N) is 1. The molecule has 0 saturated heterocycles. The summed E-state index contributed by atoms with van der Waals surface area (Å²) in [5.74, 6) is -1.58. The second-order valence-electron chi connectivity index (χ2n) is 3.92. The van der Waals surface area contributed by atoms with Crippen LogP contribution in [-0.4, -0.2) is 21.0 Å². The Morgan fingerprint density at radius 1 is 1.24 bits per heavy atom. The van der Waals surface area contributed by atoms with Gasteiger partial charge in [0.15, 0.2) is 0 Å². The molecule has 2 heterocycles. The van der Waals surface area contributed by atoms with E-state index < -0.39 is 11.5 Å². The Bertz CT molecular complexity index is 822. The van der Waals surface area contributed by atoms with E-state index in [0.29, 0.717) is 10.2 Å². The zero-order chi connectivity index (χ0) is 15.4. The van der Waals surface area contributed by atoms with Gasteiger partial charge in [-0.05, 0) is 11.6 Å². The Morgan fingerprint density at radius 3 is 2.52 bits per heavy atom. The molecule has 0 atom stereocenters. The first kappa shape index (κ1) is 14.9. The topological polar surface area (TPSA) is 83.0 Å². The van der Waals surface area contributed by atoms with Crippen molar-refractivity contribution in [3.05, 3.63) is 52.6 Å². The molecule has 21 heavy (non-hydrogen) atoms. The van der Waals surface area contributed by atoms with E-state index in [1.165, 1.54) is 11.3 Å².